The molecule has 222 valence electrons. The number of carbonyl (C=O) groups is 2. The van der Waals surface area contributed by atoms with Gasteiger partial charge in [0.05, 0.1) is 24.0 Å². The number of aryl methyl sites for hydroxylation is 3. The molecule has 0 saturated heterocycles. The Bertz CT molecular complexity index is 1100. The highest BCUT2D eigenvalue weighted by atomic mass is 16.5. The lowest BCUT2D eigenvalue weighted by Gasteiger charge is -2.12. The fourth-order valence-corrected chi connectivity index (χ4v) is 3.59. The van der Waals surface area contributed by atoms with Crippen molar-refractivity contribution in [1.82, 2.24) is 4.90 Å². The SMILES string of the molecule is CC.CC(=O)c1cc(C(C)=O)c(O)cc1O.CCc1ccc(OCCCN(C)C)cc1CC.CCc1ccco1. The van der Waals surface area contributed by atoms with Crippen LogP contribution in [0.2, 0.25) is 0 Å². The van der Waals surface area contributed by atoms with Crippen molar-refractivity contribution in [2.45, 2.75) is 74.1 Å². The second-order valence-electron chi connectivity index (χ2n) is 9.07. The van der Waals surface area contributed by atoms with Gasteiger partial charge in [-0.2, -0.15) is 0 Å². The second kappa shape index (κ2) is 20.3. The molecule has 3 aromatic rings. The number of ether oxygens (including phenoxy) is 1. The van der Waals surface area contributed by atoms with E-state index in [-0.39, 0.29) is 34.2 Å². The Morgan fingerprint density at radius 2 is 1.40 bits per heavy atom. The predicted molar refractivity (Wildman–Crippen MR) is 163 cm³/mol. The molecular formula is C33H49NO6. The first-order valence-electron chi connectivity index (χ1n) is 14.0. The molecule has 0 fully saturated rings. The Morgan fingerprint density at radius 1 is 0.825 bits per heavy atom. The van der Waals surface area contributed by atoms with E-state index in [4.69, 9.17) is 9.15 Å². The molecule has 7 nitrogen and oxygen atoms in total. The normalized spacial score (nSPS) is 9.85. The van der Waals surface area contributed by atoms with Gasteiger partial charge in [-0.05, 0) is 88.7 Å². The van der Waals surface area contributed by atoms with Gasteiger partial charge in [0.1, 0.15) is 23.0 Å². The molecule has 40 heavy (non-hydrogen) atoms. The Balaban J connectivity index is 0.000000591. The molecule has 7 heteroatoms. The first-order chi connectivity index (χ1) is 19.0. The first-order valence-corrected chi connectivity index (χ1v) is 14.0. The van der Waals surface area contributed by atoms with Crippen LogP contribution in [0.25, 0.3) is 0 Å². The average molecular weight is 556 g/mol. The highest BCUT2D eigenvalue weighted by Gasteiger charge is 2.14. The van der Waals surface area contributed by atoms with E-state index in [1.807, 2.05) is 26.0 Å². The van der Waals surface area contributed by atoms with Crippen LogP contribution in [0.4, 0.5) is 0 Å². The third-order valence-electron chi connectivity index (χ3n) is 5.76. The van der Waals surface area contributed by atoms with E-state index in [9.17, 15) is 19.8 Å². The van der Waals surface area contributed by atoms with Crippen LogP contribution in [-0.2, 0) is 19.3 Å². The van der Waals surface area contributed by atoms with Crippen molar-refractivity contribution in [1.29, 1.82) is 0 Å². The van der Waals surface area contributed by atoms with Crippen LogP contribution in [0.3, 0.4) is 0 Å². The molecule has 2 N–H and O–H groups in total. The molecular weight excluding hydrogens is 506 g/mol. The van der Waals surface area contributed by atoms with Gasteiger partial charge in [0.25, 0.3) is 0 Å². The van der Waals surface area contributed by atoms with Gasteiger partial charge < -0.3 is 24.3 Å². The first kappa shape index (κ1) is 36.4. The molecule has 0 aliphatic carbocycles. The lowest BCUT2D eigenvalue weighted by Crippen LogP contribution is -2.15. The number of rotatable bonds is 10. The van der Waals surface area contributed by atoms with Crippen LogP contribution in [0, 0.1) is 0 Å². The minimum absolute atomic E-state index is 0.0352. The van der Waals surface area contributed by atoms with Crippen molar-refractivity contribution in [3.05, 3.63) is 76.7 Å². The van der Waals surface area contributed by atoms with Crippen molar-refractivity contribution in [2.24, 2.45) is 0 Å². The number of ketones is 2. The Morgan fingerprint density at radius 3 is 1.80 bits per heavy atom. The van der Waals surface area contributed by atoms with Crippen LogP contribution >= 0.6 is 0 Å². The summed E-state index contributed by atoms with van der Waals surface area (Å²) in [5, 5.41) is 18.6. The third kappa shape index (κ3) is 13.5. The van der Waals surface area contributed by atoms with E-state index in [0.717, 1.165) is 56.4 Å². The fraction of sp³-hybridized carbons (Fsp3) is 0.455. The summed E-state index contributed by atoms with van der Waals surface area (Å²) in [4.78, 5) is 24.2. The molecule has 0 amide bonds. The number of nitrogens with zero attached hydrogens (tertiary/aromatic N) is 1. The molecule has 0 unspecified atom stereocenters. The summed E-state index contributed by atoms with van der Waals surface area (Å²) in [6.45, 7) is 14.9. The number of hydrogen-bond acceptors (Lipinski definition) is 7. The number of benzene rings is 2. The number of phenols is 2. The van der Waals surface area contributed by atoms with Crippen LogP contribution in [0.1, 0.15) is 92.5 Å². The number of hydrogen-bond donors (Lipinski definition) is 2. The van der Waals surface area contributed by atoms with Crippen molar-refractivity contribution in [2.75, 3.05) is 27.2 Å². The van der Waals surface area contributed by atoms with Gasteiger partial charge in [-0.15, -0.1) is 0 Å². The van der Waals surface area contributed by atoms with Gasteiger partial charge >= 0.3 is 0 Å². The summed E-state index contributed by atoms with van der Waals surface area (Å²) >= 11 is 0. The Hall–Kier alpha value is -3.58. The number of carbonyl (C=O) groups excluding carboxylic acids is 2. The topological polar surface area (TPSA) is 100 Å². The van der Waals surface area contributed by atoms with E-state index in [0.29, 0.717) is 0 Å². The lowest BCUT2D eigenvalue weighted by atomic mass is 10.0. The monoisotopic (exact) mass is 555 g/mol. The maximum Gasteiger partial charge on any atom is 0.163 e. The lowest BCUT2D eigenvalue weighted by molar-refractivity contribution is 0.101. The van der Waals surface area contributed by atoms with Crippen LogP contribution in [0.5, 0.6) is 17.2 Å². The molecule has 1 aromatic heterocycles. The number of Topliss-reactive ketones (excluding diaryl/α,β-unsaturated/α-hetero) is 2. The van der Waals surface area contributed by atoms with Crippen LogP contribution < -0.4 is 4.74 Å². The largest absolute Gasteiger partial charge is 0.507 e. The fourth-order valence-electron chi connectivity index (χ4n) is 3.59. The second-order valence-corrected chi connectivity index (χ2v) is 9.07. The maximum atomic E-state index is 11.0. The highest BCUT2D eigenvalue weighted by molar-refractivity contribution is 6.03. The third-order valence-corrected chi connectivity index (χ3v) is 5.76. The minimum atomic E-state index is -0.356. The molecule has 1 heterocycles. The average Bonchev–Trinajstić information content (AvgIpc) is 3.46. The van der Waals surface area contributed by atoms with Crippen molar-refractivity contribution < 1.29 is 29.0 Å². The number of phenolic OH excluding ortho intramolecular Hbond substituents is 2. The van der Waals surface area contributed by atoms with E-state index < -0.39 is 0 Å². The number of furan rings is 1. The molecule has 0 spiro atoms. The molecule has 0 aliphatic heterocycles. The van der Waals surface area contributed by atoms with E-state index in [2.05, 4.69) is 58.0 Å². The molecule has 3 rings (SSSR count). The minimum Gasteiger partial charge on any atom is -0.507 e. The van der Waals surface area contributed by atoms with Gasteiger partial charge in [-0.3, -0.25) is 9.59 Å². The number of aromatic hydroxyl groups is 2. The van der Waals surface area contributed by atoms with Gasteiger partial charge in [0.15, 0.2) is 11.6 Å². The molecule has 0 saturated carbocycles. The zero-order valence-electron chi connectivity index (χ0n) is 25.8. The van der Waals surface area contributed by atoms with Gasteiger partial charge in [-0.1, -0.05) is 40.7 Å². The summed E-state index contributed by atoms with van der Waals surface area (Å²) in [6.07, 6.45) is 5.94. The highest BCUT2D eigenvalue weighted by Crippen LogP contribution is 2.28. The van der Waals surface area contributed by atoms with Crippen molar-refractivity contribution >= 4 is 11.6 Å². The summed E-state index contributed by atoms with van der Waals surface area (Å²) in [5.74, 6) is 0.716. The van der Waals surface area contributed by atoms with E-state index in [1.165, 1.54) is 31.0 Å². The summed E-state index contributed by atoms with van der Waals surface area (Å²) < 4.78 is 10.8. The van der Waals surface area contributed by atoms with Crippen LogP contribution in [0.15, 0.2) is 53.1 Å². The molecule has 0 bridgehead atoms. The maximum absolute atomic E-state index is 11.0. The van der Waals surface area contributed by atoms with E-state index >= 15 is 0 Å². The zero-order chi connectivity index (χ0) is 30.7. The molecule has 0 radical (unpaired) electrons. The van der Waals surface area contributed by atoms with Gasteiger partial charge in [0.2, 0.25) is 0 Å². The summed E-state index contributed by atoms with van der Waals surface area (Å²) in [5.41, 5.74) is 2.92. The van der Waals surface area contributed by atoms with Crippen molar-refractivity contribution in [3.8, 4) is 17.2 Å². The molecule has 0 aliphatic rings. The Labute approximate surface area is 240 Å². The zero-order valence-corrected chi connectivity index (χ0v) is 25.8. The van der Waals surface area contributed by atoms with Crippen molar-refractivity contribution in [3.63, 3.8) is 0 Å². The van der Waals surface area contributed by atoms with Gasteiger partial charge in [-0.25, -0.2) is 0 Å². The van der Waals surface area contributed by atoms with E-state index in [1.54, 1.807) is 6.26 Å². The predicted octanol–water partition coefficient (Wildman–Crippen LogP) is 7.51. The van der Waals surface area contributed by atoms with Crippen LogP contribution in [-0.4, -0.2) is 53.9 Å². The summed E-state index contributed by atoms with van der Waals surface area (Å²) in [6, 6.07) is 12.5. The Kier molecular flexibility index (Phi) is 18.5. The standard InChI is InChI=1S/C15H25NO.C10H10O4.C6H8O.C2H6/c1-5-13-8-9-15(12-14(13)6-2)17-11-7-10-16(3)4;1-5(11)7-3-8(6(2)12)10(14)4-9(7)13;1-2-6-4-3-5-7-6;1-2/h8-9,12H,5-7,10-11H2,1-4H3;3-4,13-14H,1-2H3;3-5H,2H2,1H3;1-2H3. The molecule has 0 atom stereocenters. The molecule has 2 aromatic carbocycles. The quantitative estimate of drug-likeness (QED) is 0.197. The smallest absolute Gasteiger partial charge is 0.163 e. The summed E-state index contributed by atoms with van der Waals surface area (Å²) in [7, 11) is 4.18. The van der Waals surface area contributed by atoms with Gasteiger partial charge in [0, 0.05) is 19.0 Å².